The van der Waals surface area contributed by atoms with Crippen LogP contribution in [0, 0.1) is 5.82 Å². The minimum atomic E-state index is -0.719. The average Bonchev–Trinajstić information content (AvgIpc) is 2.43. The Balaban J connectivity index is 2.67. The molecule has 0 aliphatic rings. The molecule has 2 N–H and O–H groups in total. The lowest BCUT2D eigenvalue weighted by molar-refractivity contribution is -0.128. The van der Waals surface area contributed by atoms with E-state index in [9.17, 15) is 9.18 Å². The molecule has 5 heteroatoms. The van der Waals surface area contributed by atoms with Crippen LogP contribution in [0.4, 0.5) is 4.39 Å². The molecule has 0 aliphatic heterocycles. The molecule has 0 radical (unpaired) electrons. The van der Waals surface area contributed by atoms with Crippen molar-refractivity contribution in [3.8, 4) is 5.75 Å². The average molecular weight is 283 g/mol. The highest BCUT2D eigenvalue weighted by Gasteiger charge is 2.17. The van der Waals surface area contributed by atoms with Gasteiger partial charge in [0.05, 0.1) is 6.61 Å². The topological polar surface area (TPSA) is 58.6 Å². The molecular formula is C15H22FNO3. The maximum atomic E-state index is 13.3. The standard InChI is InChI=1S/C15H22FNO3/c1-4-13(5-2)17-15(19)10(3)20-14-7-11(9-18)6-12(16)8-14/h6-8,10,13,18H,4-5,9H2,1-3H3,(H,17,19). The predicted molar refractivity (Wildman–Crippen MR) is 74.9 cm³/mol. The normalized spacial score (nSPS) is 12.3. The Labute approximate surface area is 119 Å². The summed E-state index contributed by atoms with van der Waals surface area (Å²) in [5.41, 5.74) is 0.410. The second-order valence-electron chi connectivity index (χ2n) is 4.74. The minimum Gasteiger partial charge on any atom is -0.481 e. The lowest BCUT2D eigenvalue weighted by Gasteiger charge is -2.19. The van der Waals surface area contributed by atoms with Gasteiger partial charge in [0.15, 0.2) is 6.10 Å². The molecular weight excluding hydrogens is 261 g/mol. The Morgan fingerprint density at radius 1 is 1.35 bits per heavy atom. The maximum absolute atomic E-state index is 13.3. The third-order valence-corrected chi connectivity index (χ3v) is 3.13. The SMILES string of the molecule is CCC(CC)NC(=O)C(C)Oc1cc(F)cc(CO)c1. The van der Waals surface area contributed by atoms with E-state index in [0.717, 1.165) is 12.8 Å². The van der Waals surface area contributed by atoms with Gasteiger partial charge in [0.25, 0.3) is 5.91 Å². The number of aliphatic hydroxyl groups excluding tert-OH is 1. The van der Waals surface area contributed by atoms with E-state index in [2.05, 4.69) is 5.32 Å². The van der Waals surface area contributed by atoms with Gasteiger partial charge in [-0.1, -0.05) is 13.8 Å². The molecule has 1 rings (SSSR count). The van der Waals surface area contributed by atoms with Crippen LogP contribution < -0.4 is 10.1 Å². The predicted octanol–water partition coefficient (Wildman–Crippen LogP) is 2.39. The van der Waals surface area contributed by atoms with Crippen LogP contribution in [0.1, 0.15) is 39.2 Å². The zero-order chi connectivity index (χ0) is 15.1. The molecule has 0 saturated carbocycles. The maximum Gasteiger partial charge on any atom is 0.260 e. The fraction of sp³-hybridized carbons (Fsp3) is 0.533. The lowest BCUT2D eigenvalue weighted by Crippen LogP contribution is -2.42. The summed E-state index contributed by atoms with van der Waals surface area (Å²) in [5.74, 6) is -0.492. The fourth-order valence-electron chi connectivity index (χ4n) is 1.85. The molecule has 112 valence electrons. The molecule has 20 heavy (non-hydrogen) atoms. The molecule has 0 fully saturated rings. The summed E-state index contributed by atoms with van der Waals surface area (Å²) in [4.78, 5) is 11.9. The van der Waals surface area contributed by atoms with Crippen LogP contribution in [-0.2, 0) is 11.4 Å². The van der Waals surface area contributed by atoms with Crippen LogP contribution in [-0.4, -0.2) is 23.2 Å². The van der Waals surface area contributed by atoms with E-state index < -0.39 is 11.9 Å². The van der Waals surface area contributed by atoms with Gasteiger partial charge in [0, 0.05) is 12.1 Å². The van der Waals surface area contributed by atoms with E-state index in [4.69, 9.17) is 9.84 Å². The molecule has 1 aromatic carbocycles. The molecule has 1 unspecified atom stereocenters. The van der Waals surface area contributed by atoms with E-state index >= 15 is 0 Å². The van der Waals surface area contributed by atoms with Crippen LogP contribution in [0.5, 0.6) is 5.75 Å². The van der Waals surface area contributed by atoms with Crippen LogP contribution in [0.25, 0.3) is 0 Å². The largest absolute Gasteiger partial charge is 0.481 e. The van der Waals surface area contributed by atoms with Crippen molar-refractivity contribution in [1.29, 1.82) is 0 Å². The first-order valence-corrected chi connectivity index (χ1v) is 6.87. The molecule has 1 amide bonds. The number of carbonyl (C=O) groups excluding carboxylic acids is 1. The number of rotatable bonds is 7. The van der Waals surface area contributed by atoms with Gasteiger partial charge in [-0.3, -0.25) is 4.79 Å². The van der Waals surface area contributed by atoms with Crippen molar-refractivity contribution in [2.24, 2.45) is 0 Å². The molecule has 0 bridgehead atoms. The Kier molecular flexibility index (Phi) is 6.45. The third-order valence-electron chi connectivity index (χ3n) is 3.13. The van der Waals surface area contributed by atoms with Crippen molar-refractivity contribution in [3.05, 3.63) is 29.6 Å². The zero-order valence-electron chi connectivity index (χ0n) is 12.1. The minimum absolute atomic E-state index is 0.120. The summed E-state index contributed by atoms with van der Waals surface area (Å²) in [6.45, 7) is 5.34. The molecule has 1 atom stereocenters. The van der Waals surface area contributed by atoms with Gasteiger partial charge in [-0.25, -0.2) is 4.39 Å². The van der Waals surface area contributed by atoms with Crippen LogP contribution in [0.2, 0.25) is 0 Å². The Morgan fingerprint density at radius 2 is 2.00 bits per heavy atom. The van der Waals surface area contributed by atoms with Crippen molar-refractivity contribution >= 4 is 5.91 Å². The number of aliphatic hydroxyl groups is 1. The quantitative estimate of drug-likeness (QED) is 0.808. The molecule has 1 aromatic rings. The number of carbonyl (C=O) groups is 1. The van der Waals surface area contributed by atoms with Crippen molar-refractivity contribution in [1.82, 2.24) is 5.32 Å². The van der Waals surface area contributed by atoms with E-state index in [-0.39, 0.29) is 24.3 Å². The van der Waals surface area contributed by atoms with Crippen LogP contribution >= 0.6 is 0 Å². The van der Waals surface area contributed by atoms with Crippen LogP contribution in [0.15, 0.2) is 18.2 Å². The Morgan fingerprint density at radius 3 is 2.55 bits per heavy atom. The molecule has 0 saturated heterocycles. The van der Waals surface area contributed by atoms with Crippen molar-refractivity contribution in [2.45, 2.75) is 52.4 Å². The molecule has 4 nitrogen and oxygen atoms in total. The van der Waals surface area contributed by atoms with Gasteiger partial charge in [0.1, 0.15) is 11.6 Å². The Hall–Kier alpha value is -1.62. The van der Waals surface area contributed by atoms with Crippen molar-refractivity contribution in [3.63, 3.8) is 0 Å². The summed E-state index contributed by atoms with van der Waals surface area (Å²) < 4.78 is 18.7. The number of amides is 1. The zero-order valence-corrected chi connectivity index (χ0v) is 12.1. The van der Waals surface area contributed by atoms with E-state index in [1.165, 1.54) is 18.2 Å². The molecule has 0 heterocycles. The van der Waals surface area contributed by atoms with Crippen molar-refractivity contribution < 1.29 is 19.0 Å². The Bertz CT molecular complexity index is 447. The number of hydrogen-bond acceptors (Lipinski definition) is 3. The smallest absolute Gasteiger partial charge is 0.260 e. The lowest BCUT2D eigenvalue weighted by atomic mass is 10.1. The second-order valence-corrected chi connectivity index (χ2v) is 4.74. The van der Waals surface area contributed by atoms with E-state index in [0.29, 0.717) is 5.56 Å². The molecule has 0 aromatic heterocycles. The van der Waals surface area contributed by atoms with Gasteiger partial charge in [0.2, 0.25) is 0 Å². The van der Waals surface area contributed by atoms with E-state index in [1.807, 2.05) is 13.8 Å². The summed E-state index contributed by atoms with van der Waals surface area (Å²) >= 11 is 0. The van der Waals surface area contributed by atoms with E-state index in [1.54, 1.807) is 6.92 Å². The highest BCUT2D eigenvalue weighted by atomic mass is 19.1. The van der Waals surface area contributed by atoms with Crippen molar-refractivity contribution in [2.75, 3.05) is 0 Å². The molecule has 0 aliphatic carbocycles. The first-order valence-electron chi connectivity index (χ1n) is 6.87. The summed E-state index contributed by atoms with van der Waals surface area (Å²) in [6, 6.07) is 4.06. The number of ether oxygens (including phenoxy) is 1. The summed E-state index contributed by atoms with van der Waals surface area (Å²) in [6.07, 6.45) is 0.983. The fourth-order valence-corrected chi connectivity index (χ4v) is 1.85. The highest BCUT2D eigenvalue weighted by molar-refractivity contribution is 5.81. The third kappa shape index (κ3) is 4.81. The number of halogens is 1. The first kappa shape index (κ1) is 16.4. The van der Waals surface area contributed by atoms with Gasteiger partial charge < -0.3 is 15.2 Å². The van der Waals surface area contributed by atoms with Gasteiger partial charge in [-0.2, -0.15) is 0 Å². The van der Waals surface area contributed by atoms with Gasteiger partial charge >= 0.3 is 0 Å². The molecule has 0 spiro atoms. The van der Waals surface area contributed by atoms with Gasteiger partial charge in [-0.15, -0.1) is 0 Å². The first-order chi connectivity index (χ1) is 9.49. The summed E-state index contributed by atoms with van der Waals surface area (Å²) in [5, 5.41) is 11.9. The number of nitrogens with one attached hydrogen (secondary N) is 1. The second kappa shape index (κ2) is 7.85. The highest BCUT2D eigenvalue weighted by Crippen LogP contribution is 2.18. The van der Waals surface area contributed by atoms with Crippen LogP contribution in [0.3, 0.4) is 0 Å². The summed E-state index contributed by atoms with van der Waals surface area (Å²) in [7, 11) is 0. The van der Waals surface area contributed by atoms with Gasteiger partial charge in [-0.05, 0) is 37.5 Å². The number of hydrogen-bond donors (Lipinski definition) is 2. The monoisotopic (exact) mass is 283 g/mol. The number of benzene rings is 1.